The minimum atomic E-state index is -4.02. The van der Waals surface area contributed by atoms with E-state index < -0.39 is 22.5 Å². The summed E-state index contributed by atoms with van der Waals surface area (Å²) in [5.74, 6) is 0.0389. The second kappa shape index (κ2) is 10.3. The van der Waals surface area contributed by atoms with Crippen molar-refractivity contribution >= 4 is 39.4 Å². The predicted octanol–water partition coefficient (Wildman–Crippen LogP) is 4.00. The first-order chi connectivity index (χ1) is 15.3. The average molecular weight is 472 g/mol. The van der Waals surface area contributed by atoms with Crippen molar-refractivity contribution in [2.75, 3.05) is 18.0 Å². The topological polar surface area (TPSA) is 88.1 Å². The molecular formula is C23H22ClN3O4S. The lowest BCUT2D eigenvalue weighted by Crippen LogP contribution is -2.39. The summed E-state index contributed by atoms with van der Waals surface area (Å²) in [7, 11) is -2.47. The van der Waals surface area contributed by atoms with Gasteiger partial charge in [-0.25, -0.2) is 13.8 Å². The molecular weight excluding hydrogens is 450 g/mol. The molecule has 0 aliphatic rings. The Kier molecular flexibility index (Phi) is 7.50. The molecule has 0 aromatic heterocycles. The Balaban J connectivity index is 1.84. The molecule has 32 heavy (non-hydrogen) atoms. The fourth-order valence-electron chi connectivity index (χ4n) is 2.84. The van der Waals surface area contributed by atoms with Gasteiger partial charge >= 0.3 is 0 Å². The van der Waals surface area contributed by atoms with Crippen molar-refractivity contribution in [3.8, 4) is 5.75 Å². The molecule has 3 aromatic carbocycles. The first-order valence-electron chi connectivity index (χ1n) is 9.61. The van der Waals surface area contributed by atoms with Gasteiger partial charge in [0, 0.05) is 5.02 Å². The largest absolute Gasteiger partial charge is 0.497 e. The number of hydrazone groups is 1. The molecule has 7 nitrogen and oxygen atoms in total. The third-order valence-corrected chi connectivity index (χ3v) is 6.75. The molecule has 0 fully saturated rings. The summed E-state index contributed by atoms with van der Waals surface area (Å²) in [6.07, 6.45) is 1.44. The fourth-order valence-corrected chi connectivity index (χ4v) is 4.45. The standard InChI is InChI=1S/C23H22ClN3O4S/c1-17-11-12-19(14-22(17)24)27(32(29,30)21-9-4-3-5-10-21)16-23(28)26-25-15-18-7-6-8-20(13-18)31-2/h3-15H,16H2,1-2H3,(H,26,28)/b25-15-. The molecule has 0 aliphatic heterocycles. The van der Waals surface area contributed by atoms with Crippen molar-refractivity contribution in [1.82, 2.24) is 5.43 Å². The van der Waals surface area contributed by atoms with Crippen LogP contribution in [0.1, 0.15) is 11.1 Å². The SMILES string of the molecule is COc1cccc(/C=N\NC(=O)CN(c2ccc(C)c(Cl)c2)S(=O)(=O)c2ccccc2)c1. The second-order valence-electron chi connectivity index (χ2n) is 6.83. The number of aryl methyl sites for hydroxylation is 1. The molecule has 0 saturated heterocycles. The molecule has 3 rings (SSSR count). The van der Waals surface area contributed by atoms with E-state index in [1.165, 1.54) is 24.4 Å². The number of nitrogens with one attached hydrogen (secondary N) is 1. The van der Waals surface area contributed by atoms with Crippen molar-refractivity contribution in [2.24, 2.45) is 5.10 Å². The first-order valence-corrected chi connectivity index (χ1v) is 11.4. The van der Waals surface area contributed by atoms with Gasteiger partial charge in [-0.3, -0.25) is 9.10 Å². The van der Waals surface area contributed by atoms with Crippen LogP contribution in [0.5, 0.6) is 5.75 Å². The summed E-state index contributed by atoms with van der Waals surface area (Å²) in [6, 6.07) is 19.8. The van der Waals surface area contributed by atoms with Gasteiger partial charge in [0.15, 0.2) is 0 Å². The number of methoxy groups -OCH3 is 1. The van der Waals surface area contributed by atoms with Crippen LogP contribution in [-0.2, 0) is 14.8 Å². The number of carbonyl (C=O) groups is 1. The summed E-state index contributed by atoms with van der Waals surface area (Å²) in [5, 5.41) is 4.32. The number of nitrogens with zero attached hydrogens (tertiary/aromatic N) is 2. The van der Waals surface area contributed by atoms with Crippen molar-refractivity contribution in [1.29, 1.82) is 0 Å². The van der Waals surface area contributed by atoms with E-state index in [9.17, 15) is 13.2 Å². The third kappa shape index (κ3) is 5.66. The third-order valence-electron chi connectivity index (χ3n) is 4.56. The summed E-state index contributed by atoms with van der Waals surface area (Å²) in [4.78, 5) is 12.6. The Morgan fingerprint density at radius 3 is 2.53 bits per heavy atom. The van der Waals surface area contributed by atoms with Gasteiger partial charge in [0.05, 0.1) is 23.9 Å². The molecule has 0 spiro atoms. The van der Waals surface area contributed by atoms with E-state index in [0.29, 0.717) is 16.3 Å². The van der Waals surface area contributed by atoms with Crippen LogP contribution in [0.3, 0.4) is 0 Å². The van der Waals surface area contributed by atoms with Gasteiger partial charge < -0.3 is 4.74 Å². The summed E-state index contributed by atoms with van der Waals surface area (Å²) in [5.41, 5.74) is 4.15. The Morgan fingerprint density at radius 1 is 1.09 bits per heavy atom. The second-order valence-corrected chi connectivity index (χ2v) is 9.10. The van der Waals surface area contributed by atoms with Crippen LogP contribution in [0.2, 0.25) is 5.02 Å². The monoisotopic (exact) mass is 471 g/mol. The number of rotatable bonds is 8. The zero-order chi connectivity index (χ0) is 23.1. The first kappa shape index (κ1) is 23.3. The highest BCUT2D eigenvalue weighted by atomic mass is 35.5. The van der Waals surface area contributed by atoms with E-state index in [0.717, 1.165) is 9.87 Å². The van der Waals surface area contributed by atoms with Crippen molar-refractivity contribution in [2.45, 2.75) is 11.8 Å². The molecule has 0 bridgehead atoms. The summed E-state index contributed by atoms with van der Waals surface area (Å²) in [6.45, 7) is 1.33. The number of benzene rings is 3. The Hall–Kier alpha value is -3.36. The molecule has 0 radical (unpaired) electrons. The maximum absolute atomic E-state index is 13.3. The van der Waals surface area contributed by atoms with Crippen LogP contribution in [-0.4, -0.2) is 34.2 Å². The number of ether oxygens (including phenoxy) is 1. The molecule has 0 heterocycles. The Morgan fingerprint density at radius 2 is 1.84 bits per heavy atom. The number of hydrogen-bond acceptors (Lipinski definition) is 5. The molecule has 0 aliphatic carbocycles. The van der Waals surface area contributed by atoms with Gasteiger partial charge in [-0.2, -0.15) is 5.10 Å². The molecule has 1 N–H and O–H groups in total. The lowest BCUT2D eigenvalue weighted by molar-refractivity contribution is -0.119. The number of anilines is 1. The highest BCUT2D eigenvalue weighted by Crippen LogP contribution is 2.27. The lowest BCUT2D eigenvalue weighted by atomic mass is 10.2. The quantitative estimate of drug-likeness (QED) is 0.397. The van der Waals surface area contributed by atoms with E-state index in [-0.39, 0.29) is 10.6 Å². The van der Waals surface area contributed by atoms with Gasteiger partial charge in [0.25, 0.3) is 15.9 Å². The van der Waals surface area contributed by atoms with Crippen molar-refractivity contribution < 1.29 is 17.9 Å². The fraction of sp³-hybridized carbons (Fsp3) is 0.130. The van der Waals surface area contributed by atoms with Crippen molar-refractivity contribution in [3.05, 3.63) is 88.9 Å². The Labute approximate surface area is 192 Å². The van der Waals surface area contributed by atoms with Gasteiger partial charge in [0.1, 0.15) is 12.3 Å². The van der Waals surface area contributed by atoms with Gasteiger partial charge in [-0.05, 0) is 54.4 Å². The lowest BCUT2D eigenvalue weighted by Gasteiger charge is -2.24. The predicted molar refractivity (Wildman–Crippen MR) is 126 cm³/mol. The molecule has 0 atom stereocenters. The van der Waals surface area contributed by atoms with Gasteiger partial charge in [-0.15, -0.1) is 0 Å². The smallest absolute Gasteiger partial charge is 0.264 e. The molecule has 0 unspecified atom stereocenters. The zero-order valence-corrected chi connectivity index (χ0v) is 19.1. The van der Waals surface area contributed by atoms with Crippen LogP contribution in [0, 0.1) is 6.92 Å². The average Bonchev–Trinajstić information content (AvgIpc) is 2.80. The highest BCUT2D eigenvalue weighted by molar-refractivity contribution is 7.92. The van der Waals surface area contributed by atoms with Gasteiger partial charge in [0.2, 0.25) is 0 Å². The molecule has 1 amide bonds. The van der Waals surface area contributed by atoms with Crippen molar-refractivity contribution in [3.63, 3.8) is 0 Å². The van der Waals surface area contributed by atoms with E-state index in [2.05, 4.69) is 10.5 Å². The highest BCUT2D eigenvalue weighted by Gasteiger charge is 2.27. The van der Waals surface area contributed by atoms with E-state index >= 15 is 0 Å². The molecule has 3 aromatic rings. The van der Waals surface area contributed by atoms with E-state index in [1.807, 2.05) is 6.92 Å². The molecule has 166 valence electrons. The maximum atomic E-state index is 13.3. The van der Waals surface area contributed by atoms with Crippen LogP contribution in [0.15, 0.2) is 82.8 Å². The Bertz CT molecular complexity index is 1230. The van der Waals surface area contributed by atoms with Crippen LogP contribution in [0.4, 0.5) is 5.69 Å². The van der Waals surface area contributed by atoms with Crippen LogP contribution < -0.4 is 14.5 Å². The summed E-state index contributed by atoms with van der Waals surface area (Å²) >= 11 is 6.21. The minimum absolute atomic E-state index is 0.0596. The van der Waals surface area contributed by atoms with Crippen LogP contribution in [0.25, 0.3) is 0 Å². The normalized spacial score (nSPS) is 11.3. The number of amides is 1. The molecule has 9 heteroatoms. The number of hydrogen-bond donors (Lipinski definition) is 1. The zero-order valence-electron chi connectivity index (χ0n) is 17.5. The van der Waals surface area contributed by atoms with E-state index in [4.69, 9.17) is 16.3 Å². The van der Waals surface area contributed by atoms with E-state index in [1.54, 1.807) is 61.7 Å². The molecule has 0 saturated carbocycles. The summed E-state index contributed by atoms with van der Waals surface area (Å²) < 4.78 is 32.7. The van der Waals surface area contributed by atoms with Gasteiger partial charge in [-0.1, -0.05) is 48.0 Å². The van der Waals surface area contributed by atoms with Crippen LogP contribution >= 0.6 is 11.6 Å². The number of sulfonamides is 1. The number of halogens is 1. The number of carbonyl (C=O) groups excluding carboxylic acids is 1. The minimum Gasteiger partial charge on any atom is -0.497 e. The maximum Gasteiger partial charge on any atom is 0.264 e.